The van der Waals surface area contributed by atoms with Gasteiger partial charge in [-0.15, -0.1) is 0 Å². The minimum atomic E-state index is -0.702. The molecule has 0 unspecified atom stereocenters. The fourth-order valence-electron chi connectivity index (χ4n) is 3.80. The van der Waals surface area contributed by atoms with Crippen LogP contribution in [-0.2, 0) is 9.59 Å². The van der Waals surface area contributed by atoms with Crippen LogP contribution in [0.3, 0.4) is 0 Å². The number of methoxy groups -OCH3 is 1. The topological polar surface area (TPSA) is 96.4 Å². The summed E-state index contributed by atoms with van der Waals surface area (Å²) in [6.45, 7) is 0. The lowest BCUT2D eigenvalue weighted by Gasteiger charge is -2.30. The van der Waals surface area contributed by atoms with Crippen molar-refractivity contribution >= 4 is 45.2 Å². The summed E-state index contributed by atoms with van der Waals surface area (Å²) in [4.78, 5) is 27.7. The van der Waals surface area contributed by atoms with E-state index >= 15 is 0 Å². The van der Waals surface area contributed by atoms with E-state index in [1.165, 1.54) is 4.90 Å². The molecule has 0 spiro atoms. The highest BCUT2D eigenvalue weighted by molar-refractivity contribution is 9.10. The molecule has 0 aromatic heterocycles. The number of fused-ring (bicyclic) bond motifs is 1. The number of anilines is 1. The predicted molar refractivity (Wildman–Crippen MR) is 114 cm³/mol. The van der Waals surface area contributed by atoms with Gasteiger partial charge in [0.25, 0.3) is 0 Å². The van der Waals surface area contributed by atoms with E-state index in [0.29, 0.717) is 17.0 Å². The summed E-state index contributed by atoms with van der Waals surface area (Å²) in [6, 6.07) is 16.3. The molecule has 0 bridgehead atoms. The second-order valence-corrected chi connectivity index (χ2v) is 8.79. The Balaban J connectivity index is 1.80. The highest BCUT2D eigenvalue weighted by atomic mass is 79.9. The Morgan fingerprint density at radius 2 is 1.76 bits per heavy atom. The first-order valence-electron chi connectivity index (χ1n) is 8.80. The van der Waals surface area contributed by atoms with Crippen LogP contribution >= 0.6 is 27.7 Å². The van der Waals surface area contributed by atoms with Crippen LogP contribution < -0.4 is 15.4 Å². The predicted octanol–water partition coefficient (Wildman–Crippen LogP) is 3.54. The second kappa shape index (κ2) is 7.58. The van der Waals surface area contributed by atoms with E-state index in [1.54, 1.807) is 55.6 Å². The number of ether oxygens (including phenoxy) is 1. The molecule has 0 aliphatic carbocycles. The van der Waals surface area contributed by atoms with Crippen LogP contribution in [-0.4, -0.2) is 24.2 Å². The number of thioether (sulfide) groups is 1. The van der Waals surface area contributed by atoms with Crippen molar-refractivity contribution in [1.82, 2.24) is 0 Å². The largest absolute Gasteiger partial charge is 0.497 e. The summed E-state index contributed by atoms with van der Waals surface area (Å²) in [5, 5.41) is 9.35. The first-order chi connectivity index (χ1) is 14.0. The van der Waals surface area contributed by atoms with Gasteiger partial charge in [0.1, 0.15) is 11.0 Å². The molecule has 1 fully saturated rings. The van der Waals surface area contributed by atoms with Gasteiger partial charge in [0.15, 0.2) is 0 Å². The number of nitriles is 1. The zero-order chi connectivity index (χ0) is 20.7. The highest BCUT2D eigenvalue weighted by Gasteiger charge is 2.56. The molecule has 2 aromatic rings. The Labute approximate surface area is 180 Å². The number of hydrogen-bond acceptors (Lipinski definition) is 6. The number of nitrogens with two attached hydrogens (primary N) is 1. The van der Waals surface area contributed by atoms with Gasteiger partial charge in [-0.1, -0.05) is 39.8 Å². The quantitative estimate of drug-likeness (QED) is 0.690. The lowest BCUT2D eigenvalue weighted by molar-refractivity contribution is -0.122. The Morgan fingerprint density at radius 3 is 2.34 bits per heavy atom. The van der Waals surface area contributed by atoms with E-state index in [0.717, 1.165) is 21.8 Å². The summed E-state index contributed by atoms with van der Waals surface area (Å²) in [5.74, 6) is -1.27. The molecule has 2 amide bonds. The number of hydrogen-bond donors (Lipinski definition) is 1. The van der Waals surface area contributed by atoms with Gasteiger partial charge in [0.05, 0.1) is 35.4 Å². The van der Waals surface area contributed by atoms with Crippen LogP contribution in [0, 0.1) is 17.2 Å². The van der Waals surface area contributed by atoms with Crippen molar-refractivity contribution in [1.29, 1.82) is 5.26 Å². The second-order valence-electron chi connectivity index (χ2n) is 6.69. The van der Waals surface area contributed by atoms with E-state index < -0.39 is 17.1 Å². The number of carbonyl (C=O) groups is 2. The van der Waals surface area contributed by atoms with Crippen molar-refractivity contribution in [2.24, 2.45) is 11.7 Å². The van der Waals surface area contributed by atoms with Gasteiger partial charge in [0.2, 0.25) is 11.8 Å². The Bertz CT molecular complexity index is 1060. The minimum Gasteiger partial charge on any atom is -0.497 e. The number of rotatable bonds is 3. The van der Waals surface area contributed by atoms with Crippen molar-refractivity contribution in [2.75, 3.05) is 12.0 Å². The molecule has 0 radical (unpaired) electrons. The molecule has 2 aliphatic heterocycles. The molecule has 29 heavy (non-hydrogen) atoms. The average molecular weight is 470 g/mol. The summed E-state index contributed by atoms with van der Waals surface area (Å²) in [5.41, 5.74) is 7.72. The molecule has 2 aliphatic rings. The van der Waals surface area contributed by atoms with Gasteiger partial charge in [-0.3, -0.25) is 9.59 Å². The molecular formula is C21H16BrN3O3S. The van der Waals surface area contributed by atoms with Crippen LogP contribution in [0.1, 0.15) is 11.5 Å². The number of amides is 2. The SMILES string of the molecule is COc1ccc([C@@H]2C(C#N)=C(N)S[C@H]3C(=O)N(c4ccc(Br)cc4)C(=O)[C@@H]32)cc1. The fraction of sp³-hybridized carbons (Fsp3) is 0.190. The number of carbonyl (C=O) groups excluding carboxylic acids is 2. The monoisotopic (exact) mass is 469 g/mol. The number of halogens is 1. The van der Waals surface area contributed by atoms with Gasteiger partial charge in [-0.05, 0) is 42.0 Å². The van der Waals surface area contributed by atoms with Gasteiger partial charge >= 0.3 is 0 Å². The zero-order valence-corrected chi connectivity index (χ0v) is 17.7. The smallest absolute Gasteiger partial charge is 0.248 e. The average Bonchev–Trinajstić information content (AvgIpc) is 2.97. The first kappa shape index (κ1) is 19.6. The molecule has 8 heteroatoms. The maximum atomic E-state index is 13.4. The maximum Gasteiger partial charge on any atom is 0.248 e. The molecular weight excluding hydrogens is 454 g/mol. The normalized spacial score (nSPS) is 23.8. The van der Waals surface area contributed by atoms with Gasteiger partial charge in [0, 0.05) is 10.4 Å². The number of imide groups is 1. The van der Waals surface area contributed by atoms with E-state index in [1.807, 2.05) is 0 Å². The first-order valence-corrected chi connectivity index (χ1v) is 10.5. The maximum absolute atomic E-state index is 13.4. The summed E-state index contributed by atoms with van der Waals surface area (Å²) in [6.07, 6.45) is 0. The summed E-state index contributed by atoms with van der Waals surface area (Å²) < 4.78 is 6.05. The molecule has 3 atom stereocenters. The molecule has 1 saturated heterocycles. The Morgan fingerprint density at radius 1 is 1.10 bits per heavy atom. The molecule has 2 N–H and O–H groups in total. The van der Waals surface area contributed by atoms with Crippen molar-refractivity contribution in [3.05, 3.63) is 69.2 Å². The molecule has 6 nitrogen and oxygen atoms in total. The van der Waals surface area contributed by atoms with Crippen LogP contribution in [0.25, 0.3) is 0 Å². The Kier molecular flexibility index (Phi) is 5.11. The van der Waals surface area contributed by atoms with Gasteiger partial charge in [-0.25, -0.2) is 4.90 Å². The third-order valence-electron chi connectivity index (χ3n) is 5.17. The summed E-state index contributed by atoms with van der Waals surface area (Å²) in [7, 11) is 1.57. The zero-order valence-electron chi connectivity index (χ0n) is 15.3. The molecule has 2 aromatic carbocycles. The van der Waals surface area contributed by atoms with Crippen LogP contribution in [0.15, 0.2) is 63.6 Å². The van der Waals surface area contributed by atoms with Gasteiger partial charge in [-0.2, -0.15) is 5.26 Å². The highest BCUT2D eigenvalue weighted by Crippen LogP contribution is 2.50. The van der Waals surface area contributed by atoms with Crippen molar-refractivity contribution in [3.63, 3.8) is 0 Å². The molecule has 146 valence electrons. The minimum absolute atomic E-state index is 0.286. The van der Waals surface area contributed by atoms with Crippen LogP contribution in [0.5, 0.6) is 5.75 Å². The van der Waals surface area contributed by atoms with Crippen LogP contribution in [0.2, 0.25) is 0 Å². The number of benzene rings is 2. The van der Waals surface area contributed by atoms with Crippen molar-refractivity contribution in [3.8, 4) is 11.8 Å². The van der Waals surface area contributed by atoms with Crippen molar-refractivity contribution in [2.45, 2.75) is 11.2 Å². The molecule has 2 heterocycles. The third kappa shape index (κ3) is 3.20. The van der Waals surface area contributed by atoms with E-state index in [-0.39, 0.29) is 16.8 Å². The lowest BCUT2D eigenvalue weighted by Crippen LogP contribution is -2.33. The van der Waals surface area contributed by atoms with E-state index in [4.69, 9.17) is 10.5 Å². The van der Waals surface area contributed by atoms with Crippen LogP contribution in [0.4, 0.5) is 5.69 Å². The van der Waals surface area contributed by atoms with Crippen molar-refractivity contribution < 1.29 is 14.3 Å². The van der Waals surface area contributed by atoms with E-state index in [2.05, 4.69) is 22.0 Å². The number of nitrogens with zero attached hydrogens (tertiary/aromatic N) is 2. The van der Waals surface area contributed by atoms with E-state index in [9.17, 15) is 14.9 Å². The lowest BCUT2D eigenvalue weighted by atomic mass is 9.79. The Hall–Kier alpha value is -2.76. The fourth-order valence-corrected chi connectivity index (χ4v) is 5.26. The third-order valence-corrected chi connectivity index (χ3v) is 6.92. The molecule has 0 saturated carbocycles. The molecule has 4 rings (SSSR count). The standard InChI is InChI=1S/C21H16BrN3O3S/c1-28-14-8-2-11(3-9-14)16-15(10-23)19(24)29-18-17(16)20(26)25(21(18)27)13-6-4-12(22)5-7-13/h2-9,16-18H,24H2,1H3/t16-,17-,18-/m1/s1. The summed E-state index contributed by atoms with van der Waals surface area (Å²) >= 11 is 4.46. The van der Waals surface area contributed by atoms with Gasteiger partial charge < -0.3 is 10.5 Å². The number of allylic oxidation sites excluding steroid dienone is 1.